The molecule has 1 saturated heterocycles. The van der Waals surface area contributed by atoms with Crippen LogP contribution in [0.5, 0.6) is 0 Å². The van der Waals surface area contributed by atoms with Crippen LogP contribution in [0.1, 0.15) is 44.1 Å². The van der Waals surface area contributed by atoms with Gasteiger partial charge in [0.1, 0.15) is 0 Å². The molecule has 116 valence electrons. The topological polar surface area (TPSA) is 45.5 Å². The third kappa shape index (κ3) is 3.77. The predicted octanol–water partition coefficient (Wildman–Crippen LogP) is 1.97. The number of rotatable bonds is 5. The number of guanidine groups is 1. The first-order valence-electron chi connectivity index (χ1n) is 8.28. The number of nitrogens with zero attached hydrogens (tertiary/aromatic N) is 4. The zero-order valence-corrected chi connectivity index (χ0v) is 13.3. The summed E-state index contributed by atoms with van der Waals surface area (Å²) in [6.45, 7) is 6.21. The van der Waals surface area contributed by atoms with Gasteiger partial charge in [0, 0.05) is 45.3 Å². The van der Waals surface area contributed by atoms with Gasteiger partial charge in [0.15, 0.2) is 5.96 Å². The van der Waals surface area contributed by atoms with Crippen LogP contribution in [0.3, 0.4) is 0 Å². The summed E-state index contributed by atoms with van der Waals surface area (Å²) in [7, 11) is 1.99. The second-order valence-electron chi connectivity index (χ2n) is 6.35. The van der Waals surface area contributed by atoms with Gasteiger partial charge in [-0.2, -0.15) is 5.10 Å². The van der Waals surface area contributed by atoms with E-state index in [1.807, 2.05) is 17.9 Å². The first kappa shape index (κ1) is 14.4. The molecule has 0 spiro atoms. The van der Waals surface area contributed by atoms with Crippen LogP contribution in [0.2, 0.25) is 0 Å². The Morgan fingerprint density at radius 1 is 1.43 bits per heavy atom. The Morgan fingerprint density at radius 3 is 2.95 bits per heavy atom. The minimum absolute atomic E-state index is 0.589. The molecule has 2 aliphatic rings. The molecule has 2 heterocycles. The summed E-state index contributed by atoms with van der Waals surface area (Å²) in [5.74, 6) is 2.65. The summed E-state index contributed by atoms with van der Waals surface area (Å²) < 4.78 is 1.90. The summed E-state index contributed by atoms with van der Waals surface area (Å²) in [5, 5.41) is 7.75. The number of nitrogens with one attached hydrogen (secondary N) is 1. The van der Waals surface area contributed by atoms with E-state index in [2.05, 4.69) is 28.4 Å². The molecule has 1 aromatic heterocycles. The van der Waals surface area contributed by atoms with Crippen molar-refractivity contribution in [3.8, 4) is 0 Å². The lowest BCUT2D eigenvalue weighted by atomic mass is 10.0. The van der Waals surface area contributed by atoms with Crippen LogP contribution in [0.4, 0.5) is 0 Å². The van der Waals surface area contributed by atoms with Gasteiger partial charge in [-0.1, -0.05) is 12.8 Å². The van der Waals surface area contributed by atoms with Crippen LogP contribution in [0, 0.1) is 5.92 Å². The summed E-state index contributed by atoms with van der Waals surface area (Å²) >= 11 is 0. The Morgan fingerprint density at radius 2 is 2.29 bits per heavy atom. The molecule has 1 saturated carbocycles. The molecule has 5 nitrogen and oxygen atoms in total. The van der Waals surface area contributed by atoms with Crippen molar-refractivity contribution in [2.45, 2.75) is 38.5 Å². The number of hydrogen-bond acceptors (Lipinski definition) is 2. The van der Waals surface area contributed by atoms with Gasteiger partial charge >= 0.3 is 0 Å². The molecular formula is C16H27N5. The van der Waals surface area contributed by atoms with Gasteiger partial charge in [-0.3, -0.25) is 9.67 Å². The third-order valence-electron chi connectivity index (χ3n) is 4.51. The molecule has 1 aromatic rings. The lowest BCUT2D eigenvalue weighted by Crippen LogP contribution is -2.40. The molecule has 1 N–H and O–H groups in total. The summed E-state index contributed by atoms with van der Waals surface area (Å²) in [6.07, 6.45) is 9.43. The Balaban J connectivity index is 1.58. The number of aryl methyl sites for hydroxylation is 1. The molecule has 0 amide bonds. The molecule has 1 aliphatic heterocycles. The standard InChI is InChI=1S/C16H27N5/c1-3-17-16(18-8-6-13-4-5-13)21-9-7-14(12-21)15-10-19-20(2)11-15/h10-11,13-14H,3-9,12H2,1-2H3,(H,17,18). The fraction of sp³-hybridized carbons (Fsp3) is 0.750. The smallest absolute Gasteiger partial charge is 0.193 e. The summed E-state index contributed by atoms with van der Waals surface area (Å²) in [4.78, 5) is 7.23. The van der Waals surface area contributed by atoms with Crippen LogP contribution in [-0.4, -0.2) is 46.8 Å². The number of hydrogen-bond donors (Lipinski definition) is 1. The SMILES string of the molecule is CCNC(=NCCC1CC1)N1CCC(c2cnn(C)c2)C1. The van der Waals surface area contributed by atoms with Crippen LogP contribution >= 0.6 is 0 Å². The van der Waals surface area contributed by atoms with Crippen molar-refractivity contribution in [3.63, 3.8) is 0 Å². The van der Waals surface area contributed by atoms with Gasteiger partial charge in [0.2, 0.25) is 0 Å². The molecule has 1 atom stereocenters. The predicted molar refractivity (Wildman–Crippen MR) is 85.5 cm³/mol. The van der Waals surface area contributed by atoms with E-state index in [1.54, 1.807) is 0 Å². The van der Waals surface area contributed by atoms with Crippen molar-refractivity contribution >= 4 is 5.96 Å². The highest BCUT2D eigenvalue weighted by atomic mass is 15.3. The normalized spacial score (nSPS) is 22.9. The highest BCUT2D eigenvalue weighted by Gasteiger charge is 2.27. The fourth-order valence-electron chi connectivity index (χ4n) is 3.06. The summed E-state index contributed by atoms with van der Waals surface area (Å²) in [6, 6.07) is 0. The lowest BCUT2D eigenvalue weighted by molar-refractivity contribution is 0.485. The molecule has 1 unspecified atom stereocenters. The van der Waals surface area contributed by atoms with Crippen molar-refractivity contribution < 1.29 is 0 Å². The van der Waals surface area contributed by atoms with Gasteiger partial charge < -0.3 is 10.2 Å². The molecule has 5 heteroatoms. The quantitative estimate of drug-likeness (QED) is 0.666. The Hall–Kier alpha value is -1.52. The Kier molecular flexibility index (Phi) is 4.46. The van der Waals surface area contributed by atoms with Crippen LogP contribution in [0.15, 0.2) is 17.4 Å². The minimum atomic E-state index is 0.589. The van der Waals surface area contributed by atoms with Gasteiger partial charge in [-0.25, -0.2) is 0 Å². The van der Waals surface area contributed by atoms with E-state index in [4.69, 9.17) is 4.99 Å². The van der Waals surface area contributed by atoms with Gasteiger partial charge in [0.25, 0.3) is 0 Å². The van der Waals surface area contributed by atoms with Crippen molar-refractivity contribution in [3.05, 3.63) is 18.0 Å². The summed E-state index contributed by atoms with van der Waals surface area (Å²) in [5.41, 5.74) is 1.36. The average Bonchev–Trinajstić information content (AvgIpc) is 2.99. The minimum Gasteiger partial charge on any atom is -0.357 e. The van der Waals surface area contributed by atoms with E-state index in [0.717, 1.165) is 38.1 Å². The molecule has 0 radical (unpaired) electrons. The van der Waals surface area contributed by atoms with E-state index in [9.17, 15) is 0 Å². The number of aliphatic imine (C=N–C) groups is 1. The lowest BCUT2D eigenvalue weighted by Gasteiger charge is -2.21. The van der Waals surface area contributed by atoms with Crippen LogP contribution in [0.25, 0.3) is 0 Å². The average molecular weight is 289 g/mol. The zero-order chi connectivity index (χ0) is 14.7. The van der Waals surface area contributed by atoms with Gasteiger partial charge in [0.05, 0.1) is 6.20 Å². The first-order valence-corrected chi connectivity index (χ1v) is 8.28. The van der Waals surface area contributed by atoms with E-state index < -0.39 is 0 Å². The third-order valence-corrected chi connectivity index (χ3v) is 4.51. The van der Waals surface area contributed by atoms with E-state index in [1.165, 1.54) is 31.2 Å². The number of aromatic nitrogens is 2. The largest absolute Gasteiger partial charge is 0.357 e. The van der Waals surface area contributed by atoms with Crippen molar-refractivity contribution in [1.29, 1.82) is 0 Å². The molecular weight excluding hydrogens is 262 g/mol. The molecule has 2 fully saturated rings. The van der Waals surface area contributed by atoms with Crippen molar-refractivity contribution in [1.82, 2.24) is 20.0 Å². The molecule has 21 heavy (non-hydrogen) atoms. The highest BCUT2D eigenvalue weighted by molar-refractivity contribution is 5.80. The molecule has 1 aliphatic carbocycles. The Labute approximate surface area is 127 Å². The maximum Gasteiger partial charge on any atom is 0.193 e. The van der Waals surface area contributed by atoms with Crippen molar-refractivity contribution in [2.24, 2.45) is 18.0 Å². The highest BCUT2D eigenvalue weighted by Crippen LogP contribution is 2.32. The maximum absolute atomic E-state index is 4.82. The second-order valence-corrected chi connectivity index (χ2v) is 6.35. The number of likely N-dealkylation sites (tertiary alicyclic amines) is 1. The molecule has 0 bridgehead atoms. The Bertz CT molecular complexity index is 489. The van der Waals surface area contributed by atoms with Crippen molar-refractivity contribution in [2.75, 3.05) is 26.2 Å². The van der Waals surface area contributed by atoms with Crippen LogP contribution < -0.4 is 5.32 Å². The molecule has 3 rings (SSSR count). The van der Waals surface area contributed by atoms with E-state index in [-0.39, 0.29) is 0 Å². The van der Waals surface area contributed by atoms with E-state index >= 15 is 0 Å². The zero-order valence-electron chi connectivity index (χ0n) is 13.3. The van der Waals surface area contributed by atoms with Crippen LogP contribution in [-0.2, 0) is 7.05 Å². The first-order chi connectivity index (χ1) is 10.3. The van der Waals surface area contributed by atoms with Gasteiger partial charge in [-0.05, 0) is 31.2 Å². The second kappa shape index (κ2) is 6.50. The van der Waals surface area contributed by atoms with Gasteiger partial charge in [-0.15, -0.1) is 0 Å². The van der Waals surface area contributed by atoms with E-state index in [0.29, 0.717) is 5.92 Å². The molecule has 0 aromatic carbocycles. The monoisotopic (exact) mass is 289 g/mol. The maximum atomic E-state index is 4.82. The fourth-order valence-corrected chi connectivity index (χ4v) is 3.06.